The Kier molecular flexibility index (Phi) is 2.78. The van der Waals surface area contributed by atoms with Gasteiger partial charge in [-0.25, -0.2) is 9.18 Å². The van der Waals surface area contributed by atoms with E-state index in [0.29, 0.717) is 5.75 Å². The maximum absolute atomic E-state index is 12.7. The van der Waals surface area contributed by atoms with Gasteiger partial charge in [0.05, 0.1) is 0 Å². The van der Waals surface area contributed by atoms with Crippen molar-refractivity contribution < 1.29 is 19.0 Å². The third kappa shape index (κ3) is 2.41. The average Bonchev–Trinajstić information content (AvgIpc) is 2.64. The van der Waals surface area contributed by atoms with Gasteiger partial charge in [-0.15, -0.1) is 0 Å². The van der Waals surface area contributed by atoms with Gasteiger partial charge in [0.25, 0.3) is 0 Å². The molecule has 17 heavy (non-hydrogen) atoms. The molecule has 0 amide bonds. The highest BCUT2D eigenvalue weighted by Crippen LogP contribution is 2.20. The number of nitrogens with zero attached hydrogens (tertiary/aromatic N) is 2. The zero-order chi connectivity index (χ0) is 12.4. The van der Waals surface area contributed by atoms with E-state index in [9.17, 15) is 9.18 Å². The quantitative estimate of drug-likeness (QED) is 0.885. The van der Waals surface area contributed by atoms with E-state index in [1.165, 1.54) is 35.0 Å². The summed E-state index contributed by atoms with van der Waals surface area (Å²) in [6.07, 6.45) is 1.33. The van der Waals surface area contributed by atoms with Crippen LogP contribution in [0.2, 0.25) is 0 Å². The number of hydrogen-bond donors (Lipinski definition) is 1. The third-order valence-electron chi connectivity index (χ3n) is 2.08. The van der Waals surface area contributed by atoms with Crippen LogP contribution in [0, 0.1) is 5.82 Å². The number of hydrogen-bond acceptors (Lipinski definition) is 3. The van der Waals surface area contributed by atoms with Crippen LogP contribution >= 0.6 is 0 Å². The summed E-state index contributed by atoms with van der Waals surface area (Å²) >= 11 is 0. The second-order valence-electron chi connectivity index (χ2n) is 3.38. The van der Waals surface area contributed by atoms with Gasteiger partial charge in [0, 0.05) is 13.2 Å². The number of carboxylic acids is 1. The van der Waals surface area contributed by atoms with Gasteiger partial charge >= 0.3 is 12.0 Å². The van der Waals surface area contributed by atoms with E-state index in [4.69, 9.17) is 9.84 Å². The van der Waals surface area contributed by atoms with Crippen molar-refractivity contribution >= 4 is 5.97 Å². The lowest BCUT2D eigenvalue weighted by Crippen LogP contribution is -1.95. The normalized spacial score (nSPS) is 10.2. The second kappa shape index (κ2) is 4.25. The fourth-order valence-electron chi connectivity index (χ4n) is 1.26. The van der Waals surface area contributed by atoms with Gasteiger partial charge in [0.1, 0.15) is 11.6 Å². The molecule has 0 aliphatic heterocycles. The van der Waals surface area contributed by atoms with Crippen molar-refractivity contribution in [3.05, 3.63) is 42.0 Å². The fraction of sp³-hybridized carbons (Fsp3) is 0.0909. The first-order valence-corrected chi connectivity index (χ1v) is 4.76. The molecule has 0 fully saturated rings. The van der Waals surface area contributed by atoms with E-state index in [2.05, 4.69) is 4.98 Å². The number of imidazole rings is 1. The Morgan fingerprint density at radius 1 is 1.41 bits per heavy atom. The van der Waals surface area contributed by atoms with Gasteiger partial charge in [-0.05, 0) is 24.3 Å². The van der Waals surface area contributed by atoms with Gasteiger partial charge in [0.15, 0.2) is 5.69 Å². The Bertz CT molecular complexity index is 548. The minimum atomic E-state index is -1.13. The molecule has 0 saturated carbocycles. The monoisotopic (exact) mass is 236 g/mol. The molecule has 0 unspecified atom stereocenters. The zero-order valence-electron chi connectivity index (χ0n) is 8.92. The minimum Gasteiger partial charge on any atom is -0.476 e. The summed E-state index contributed by atoms with van der Waals surface area (Å²) < 4.78 is 19.4. The molecule has 5 nitrogen and oxygen atoms in total. The van der Waals surface area contributed by atoms with Gasteiger partial charge < -0.3 is 14.4 Å². The molecule has 0 aliphatic carbocycles. The molecule has 0 bridgehead atoms. The Hall–Kier alpha value is -2.37. The Morgan fingerprint density at radius 3 is 2.59 bits per heavy atom. The number of rotatable bonds is 3. The van der Waals surface area contributed by atoms with Crippen molar-refractivity contribution in [1.82, 2.24) is 9.55 Å². The van der Waals surface area contributed by atoms with Crippen LogP contribution in [-0.2, 0) is 7.05 Å². The molecular formula is C11H9FN2O3. The average molecular weight is 236 g/mol. The molecule has 2 aromatic rings. The van der Waals surface area contributed by atoms with Crippen LogP contribution < -0.4 is 4.74 Å². The van der Waals surface area contributed by atoms with E-state index >= 15 is 0 Å². The van der Waals surface area contributed by atoms with Crippen molar-refractivity contribution in [3.63, 3.8) is 0 Å². The van der Waals surface area contributed by atoms with Crippen LogP contribution in [0.15, 0.2) is 30.5 Å². The summed E-state index contributed by atoms with van der Waals surface area (Å²) in [6, 6.07) is 5.50. The molecule has 1 aromatic heterocycles. The van der Waals surface area contributed by atoms with E-state index in [0.717, 1.165) is 0 Å². The summed E-state index contributed by atoms with van der Waals surface area (Å²) in [4.78, 5) is 14.5. The lowest BCUT2D eigenvalue weighted by molar-refractivity contribution is 0.0690. The molecule has 88 valence electrons. The molecule has 0 spiro atoms. The Balaban J connectivity index is 2.24. The molecule has 2 rings (SSSR count). The number of aryl methyl sites for hydroxylation is 1. The molecule has 1 N–H and O–H groups in total. The maximum Gasteiger partial charge on any atom is 0.356 e. The Morgan fingerprint density at radius 2 is 2.06 bits per heavy atom. The molecule has 1 heterocycles. The van der Waals surface area contributed by atoms with Gasteiger partial charge in [0.2, 0.25) is 0 Å². The van der Waals surface area contributed by atoms with Crippen molar-refractivity contribution in [2.24, 2.45) is 7.05 Å². The topological polar surface area (TPSA) is 64.4 Å². The number of aromatic carboxylic acids is 1. The Labute approximate surface area is 96.1 Å². The van der Waals surface area contributed by atoms with Crippen LogP contribution in [-0.4, -0.2) is 20.6 Å². The third-order valence-corrected chi connectivity index (χ3v) is 2.08. The largest absolute Gasteiger partial charge is 0.476 e. The molecular weight excluding hydrogens is 227 g/mol. The first-order valence-electron chi connectivity index (χ1n) is 4.76. The van der Waals surface area contributed by atoms with Crippen LogP contribution in [0.3, 0.4) is 0 Å². The summed E-state index contributed by atoms with van der Waals surface area (Å²) in [5.41, 5.74) is -0.107. The number of benzene rings is 1. The second-order valence-corrected chi connectivity index (χ2v) is 3.38. The summed E-state index contributed by atoms with van der Waals surface area (Å²) in [5, 5.41) is 8.74. The predicted molar refractivity (Wildman–Crippen MR) is 56.6 cm³/mol. The van der Waals surface area contributed by atoms with Crippen molar-refractivity contribution in [3.8, 4) is 11.8 Å². The van der Waals surface area contributed by atoms with Crippen LogP contribution in [0.5, 0.6) is 11.8 Å². The standard InChI is InChI=1S/C11H9FN2O3/c1-14-6-9(10(15)16)13-11(14)17-8-4-2-7(12)3-5-8/h2-6H,1H3,(H,15,16). The molecule has 1 aromatic carbocycles. The smallest absolute Gasteiger partial charge is 0.356 e. The molecule has 6 heteroatoms. The molecule has 0 saturated heterocycles. The highest BCUT2D eigenvalue weighted by atomic mass is 19.1. The molecule has 0 radical (unpaired) electrons. The number of ether oxygens (including phenoxy) is 1. The molecule has 0 atom stereocenters. The number of aromatic nitrogens is 2. The van der Waals surface area contributed by atoms with Gasteiger partial charge in [-0.3, -0.25) is 0 Å². The van der Waals surface area contributed by atoms with Crippen LogP contribution in [0.1, 0.15) is 10.5 Å². The van der Waals surface area contributed by atoms with E-state index in [1.807, 2.05) is 0 Å². The van der Waals surface area contributed by atoms with Crippen molar-refractivity contribution in [2.75, 3.05) is 0 Å². The van der Waals surface area contributed by atoms with Crippen LogP contribution in [0.4, 0.5) is 4.39 Å². The van der Waals surface area contributed by atoms with Gasteiger partial charge in [-0.2, -0.15) is 4.98 Å². The lowest BCUT2D eigenvalue weighted by Gasteiger charge is -2.03. The van der Waals surface area contributed by atoms with Gasteiger partial charge in [-0.1, -0.05) is 0 Å². The predicted octanol–water partition coefficient (Wildman–Crippen LogP) is 2.05. The van der Waals surface area contributed by atoms with Crippen molar-refractivity contribution in [1.29, 1.82) is 0 Å². The first-order chi connectivity index (χ1) is 8.06. The highest BCUT2D eigenvalue weighted by molar-refractivity contribution is 5.85. The summed E-state index contributed by atoms with van der Waals surface area (Å²) in [5.74, 6) is -1.12. The first kappa shape index (κ1) is 11.1. The van der Waals surface area contributed by atoms with E-state index in [1.54, 1.807) is 7.05 Å². The maximum atomic E-state index is 12.7. The van der Waals surface area contributed by atoms with E-state index < -0.39 is 5.97 Å². The highest BCUT2D eigenvalue weighted by Gasteiger charge is 2.12. The van der Waals surface area contributed by atoms with Crippen LogP contribution in [0.25, 0.3) is 0 Å². The molecule has 0 aliphatic rings. The minimum absolute atomic E-state index is 0.107. The number of carboxylic acid groups (broad SMARTS) is 1. The summed E-state index contributed by atoms with van der Waals surface area (Å²) in [7, 11) is 1.61. The SMILES string of the molecule is Cn1cc(C(=O)O)nc1Oc1ccc(F)cc1. The zero-order valence-corrected chi connectivity index (χ0v) is 8.92. The summed E-state index contributed by atoms with van der Waals surface area (Å²) in [6.45, 7) is 0. The number of halogens is 1. The van der Waals surface area contributed by atoms with Crippen molar-refractivity contribution in [2.45, 2.75) is 0 Å². The van der Waals surface area contributed by atoms with E-state index in [-0.39, 0.29) is 17.5 Å². The number of carbonyl (C=O) groups is 1. The fourth-order valence-corrected chi connectivity index (χ4v) is 1.26. The lowest BCUT2D eigenvalue weighted by atomic mass is 10.3.